The molecule has 0 spiro atoms. The molecule has 5 heterocycles. The summed E-state index contributed by atoms with van der Waals surface area (Å²) in [6, 6.07) is 21.6. The summed E-state index contributed by atoms with van der Waals surface area (Å²) >= 11 is 0. The number of aromatic nitrogens is 2. The SMILES string of the molecule is CC1=C2C=C(c3ncc(C#N)cn3)C=CN2C2NC2C2N1c1ccccc1N2c1ccccc1. The van der Waals surface area contributed by atoms with E-state index in [-0.39, 0.29) is 18.4 Å². The zero-order valence-corrected chi connectivity index (χ0v) is 18.5. The van der Waals surface area contributed by atoms with Gasteiger partial charge in [0.15, 0.2) is 5.82 Å². The summed E-state index contributed by atoms with van der Waals surface area (Å²) in [5.74, 6) is 0.615. The number of para-hydroxylation sites is 3. The van der Waals surface area contributed by atoms with Crippen LogP contribution in [0, 0.1) is 11.3 Å². The van der Waals surface area contributed by atoms with Crippen LogP contribution in [0.25, 0.3) is 5.57 Å². The van der Waals surface area contributed by atoms with Gasteiger partial charge in [0.2, 0.25) is 0 Å². The fourth-order valence-corrected chi connectivity index (χ4v) is 5.34. The van der Waals surface area contributed by atoms with Gasteiger partial charge in [-0.1, -0.05) is 30.3 Å². The number of rotatable bonds is 2. The third-order valence-corrected chi connectivity index (χ3v) is 6.94. The Labute approximate surface area is 197 Å². The second-order valence-corrected chi connectivity index (χ2v) is 8.82. The van der Waals surface area contributed by atoms with Crippen LogP contribution in [0.5, 0.6) is 0 Å². The number of nitrogens with one attached hydrogen (secondary N) is 1. The normalized spacial score (nSPS) is 23.9. The number of benzene rings is 2. The van der Waals surface area contributed by atoms with Gasteiger partial charge in [-0.05, 0) is 43.3 Å². The van der Waals surface area contributed by atoms with Crippen LogP contribution < -0.4 is 15.1 Å². The van der Waals surface area contributed by atoms with E-state index in [9.17, 15) is 0 Å². The van der Waals surface area contributed by atoms with Crippen LogP contribution in [-0.2, 0) is 0 Å². The van der Waals surface area contributed by atoms with Crippen molar-refractivity contribution in [3.8, 4) is 6.07 Å². The van der Waals surface area contributed by atoms with E-state index in [0.29, 0.717) is 11.4 Å². The summed E-state index contributed by atoms with van der Waals surface area (Å²) in [4.78, 5) is 16.1. The number of hydrogen-bond donors (Lipinski definition) is 1. The molecule has 7 heteroatoms. The van der Waals surface area contributed by atoms with Crippen LogP contribution in [0.1, 0.15) is 18.3 Å². The maximum Gasteiger partial charge on any atom is 0.159 e. The molecule has 34 heavy (non-hydrogen) atoms. The van der Waals surface area contributed by atoms with Crippen LogP contribution in [-0.4, -0.2) is 33.2 Å². The summed E-state index contributed by atoms with van der Waals surface area (Å²) in [7, 11) is 0. The Bertz CT molecular complexity index is 1430. The maximum absolute atomic E-state index is 9.07. The summed E-state index contributed by atoms with van der Waals surface area (Å²) in [6.07, 6.45) is 9.80. The van der Waals surface area contributed by atoms with E-state index in [1.807, 2.05) is 0 Å². The highest BCUT2D eigenvalue weighted by Gasteiger charge is 2.57. The topological polar surface area (TPSA) is 81.2 Å². The van der Waals surface area contributed by atoms with E-state index in [0.717, 1.165) is 11.3 Å². The molecule has 1 aromatic heterocycles. The molecular weight excluding hydrogens is 422 g/mol. The molecule has 0 saturated carbocycles. The molecule has 3 atom stereocenters. The van der Waals surface area contributed by atoms with Gasteiger partial charge in [0.1, 0.15) is 18.4 Å². The van der Waals surface area contributed by atoms with Gasteiger partial charge < -0.3 is 14.7 Å². The van der Waals surface area contributed by atoms with E-state index in [2.05, 4.69) is 116 Å². The van der Waals surface area contributed by atoms with Gasteiger partial charge in [0.05, 0.1) is 28.7 Å². The first-order valence-corrected chi connectivity index (χ1v) is 11.3. The quantitative estimate of drug-likeness (QED) is 0.598. The molecule has 0 amide bonds. The molecule has 2 aromatic carbocycles. The highest BCUT2D eigenvalue weighted by molar-refractivity contribution is 5.87. The lowest BCUT2D eigenvalue weighted by atomic mass is 10.1. The highest BCUT2D eigenvalue weighted by Crippen LogP contribution is 2.51. The van der Waals surface area contributed by atoms with Crippen LogP contribution in [0.2, 0.25) is 0 Å². The standard InChI is InChI=1S/C27H21N7/c1-17-23-13-19(25-29-15-18(14-28)16-30-25)11-12-32(23)26-24(31-26)27-33(17)21-9-5-6-10-22(21)34(27)20-7-3-2-4-8-20/h2-13,15-16,24,26-27,31H,1H3. The molecule has 164 valence electrons. The van der Waals surface area contributed by atoms with Crippen molar-refractivity contribution in [2.45, 2.75) is 25.3 Å². The zero-order valence-electron chi connectivity index (χ0n) is 18.5. The predicted molar refractivity (Wildman–Crippen MR) is 130 cm³/mol. The van der Waals surface area contributed by atoms with Crippen molar-refractivity contribution in [1.82, 2.24) is 20.2 Å². The van der Waals surface area contributed by atoms with Gasteiger partial charge in [-0.3, -0.25) is 5.32 Å². The van der Waals surface area contributed by atoms with Crippen molar-refractivity contribution in [1.29, 1.82) is 5.26 Å². The van der Waals surface area contributed by atoms with Gasteiger partial charge in [0, 0.05) is 35.6 Å². The van der Waals surface area contributed by atoms with E-state index in [1.165, 1.54) is 22.8 Å². The molecule has 1 saturated heterocycles. The van der Waals surface area contributed by atoms with Crippen molar-refractivity contribution < 1.29 is 0 Å². The fourth-order valence-electron chi connectivity index (χ4n) is 5.34. The molecule has 4 aliphatic heterocycles. The minimum absolute atomic E-state index is 0.124. The minimum atomic E-state index is 0.124. The number of hydrogen-bond acceptors (Lipinski definition) is 7. The Morgan fingerprint density at radius 3 is 2.38 bits per heavy atom. The monoisotopic (exact) mass is 443 g/mol. The molecule has 0 radical (unpaired) electrons. The van der Waals surface area contributed by atoms with Gasteiger partial charge in [-0.2, -0.15) is 5.26 Å². The van der Waals surface area contributed by atoms with Crippen molar-refractivity contribution in [2.24, 2.45) is 0 Å². The summed E-state index contributed by atoms with van der Waals surface area (Å²) in [5.41, 5.74) is 7.29. The summed E-state index contributed by atoms with van der Waals surface area (Å²) in [5, 5.41) is 12.8. The summed E-state index contributed by atoms with van der Waals surface area (Å²) < 4.78 is 0. The molecule has 3 aromatic rings. The Hall–Kier alpha value is -4.41. The third-order valence-electron chi connectivity index (χ3n) is 6.94. The molecular formula is C27H21N7. The number of nitriles is 1. The Kier molecular flexibility index (Phi) is 3.96. The Morgan fingerprint density at radius 2 is 1.65 bits per heavy atom. The van der Waals surface area contributed by atoms with Crippen molar-refractivity contribution >= 4 is 22.6 Å². The number of anilines is 3. The first-order chi connectivity index (χ1) is 16.7. The summed E-state index contributed by atoms with van der Waals surface area (Å²) in [6.45, 7) is 2.19. The smallest absolute Gasteiger partial charge is 0.159 e. The number of nitrogens with zero attached hydrogens (tertiary/aromatic N) is 6. The van der Waals surface area contributed by atoms with E-state index in [1.54, 1.807) is 12.4 Å². The first-order valence-electron chi connectivity index (χ1n) is 11.3. The average molecular weight is 444 g/mol. The van der Waals surface area contributed by atoms with E-state index < -0.39 is 0 Å². The minimum Gasteiger partial charge on any atom is -0.329 e. The second kappa shape index (κ2) is 7.04. The molecule has 4 aliphatic rings. The Morgan fingerprint density at radius 1 is 0.941 bits per heavy atom. The Balaban J connectivity index is 1.38. The molecule has 1 fully saturated rings. The number of fused-ring (bicyclic) bond motifs is 7. The van der Waals surface area contributed by atoms with Gasteiger partial charge in [-0.15, -0.1) is 0 Å². The van der Waals surface area contributed by atoms with Gasteiger partial charge in [0.25, 0.3) is 0 Å². The van der Waals surface area contributed by atoms with Crippen LogP contribution >= 0.6 is 0 Å². The van der Waals surface area contributed by atoms with Crippen LogP contribution in [0.3, 0.4) is 0 Å². The molecule has 3 unspecified atom stereocenters. The lowest BCUT2D eigenvalue weighted by Gasteiger charge is -2.33. The molecule has 0 bridgehead atoms. The van der Waals surface area contributed by atoms with Crippen LogP contribution in [0.15, 0.2) is 96.7 Å². The maximum atomic E-state index is 9.07. The largest absolute Gasteiger partial charge is 0.329 e. The number of allylic oxidation sites excluding steroid dienone is 4. The van der Waals surface area contributed by atoms with E-state index >= 15 is 0 Å². The van der Waals surface area contributed by atoms with Crippen molar-refractivity contribution in [3.05, 3.63) is 108 Å². The molecule has 7 nitrogen and oxygen atoms in total. The van der Waals surface area contributed by atoms with Crippen molar-refractivity contribution in [3.63, 3.8) is 0 Å². The predicted octanol–water partition coefficient (Wildman–Crippen LogP) is 4.09. The first kappa shape index (κ1) is 19.1. The molecule has 0 aliphatic carbocycles. The second-order valence-electron chi connectivity index (χ2n) is 8.82. The lowest BCUT2D eigenvalue weighted by Crippen LogP contribution is -2.45. The highest BCUT2D eigenvalue weighted by atomic mass is 15.5. The zero-order chi connectivity index (χ0) is 22.8. The van der Waals surface area contributed by atoms with Gasteiger partial charge in [-0.25, -0.2) is 9.97 Å². The molecule has 7 rings (SSSR count). The molecule has 1 N–H and O–H groups in total. The van der Waals surface area contributed by atoms with Crippen molar-refractivity contribution in [2.75, 3.05) is 9.80 Å². The van der Waals surface area contributed by atoms with Crippen LogP contribution in [0.4, 0.5) is 17.1 Å². The average Bonchev–Trinajstić information content (AvgIpc) is 3.63. The lowest BCUT2D eigenvalue weighted by molar-refractivity contribution is 0.446. The fraction of sp³-hybridized carbons (Fsp3) is 0.148. The third kappa shape index (κ3) is 2.66. The van der Waals surface area contributed by atoms with E-state index in [4.69, 9.17) is 5.26 Å². The van der Waals surface area contributed by atoms with Gasteiger partial charge >= 0.3 is 0 Å².